The summed E-state index contributed by atoms with van der Waals surface area (Å²) in [7, 11) is 0. The molecule has 0 aliphatic heterocycles. The highest BCUT2D eigenvalue weighted by Crippen LogP contribution is 2.17. The molecule has 0 aromatic heterocycles. The van der Waals surface area contributed by atoms with Crippen molar-refractivity contribution in [3.63, 3.8) is 0 Å². The average Bonchev–Trinajstić information content (AvgIpc) is 3.49. The molecule has 0 aliphatic carbocycles. The summed E-state index contributed by atoms with van der Waals surface area (Å²) in [6.45, 7) is 6.37. The zero-order chi connectivity index (χ0) is 59.9. The minimum atomic E-state index is -0.811. The maximum absolute atomic E-state index is 13.0. The molecule has 0 spiro atoms. The highest BCUT2D eigenvalue weighted by Gasteiger charge is 2.19. The van der Waals surface area contributed by atoms with E-state index in [1.165, 1.54) is 186 Å². The Bertz CT molecular complexity index is 1700. The predicted octanol–water partition coefficient (Wildman–Crippen LogP) is 24.3. The first kappa shape index (κ1) is 78.8. The number of unbranched alkanes of at least 4 members (excludes halogenated alkanes) is 32. The van der Waals surface area contributed by atoms with Gasteiger partial charge in [-0.1, -0.05) is 316 Å². The van der Waals surface area contributed by atoms with Crippen LogP contribution in [-0.4, -0.2) is 37.2 Å². The second-order valence-electron chi connectivity index (χ2n) is 23.0. The lowest BCUT2D eigenvalue weighted by Gasteiger charge is -2.18. The molecule has 0 fully saturated rings. The van der Waals surface area contributed by atoms with E-state index in [4.69, 9.17) is 14.2 Å². The first-order valence-corrected chi connectivity index (χ1v) is 35.0. The Labute approximate surface area is 513 Å². The van der Waals surface area contributed by atoms with Crippen molar-refractivity contribution in [2.75, 3.05) is 13.2 Å². The van der Waals surface area contributed by atoms with Gasteiger partial charge in [-0.2, -0.15) is 0 Å². The number of hydrogen-bond acceptors (Lipinski definition) is 6. The van der Waals surface area contributed by atoms with Crippen LogP contribution in [0.25, 0.3) is 0 Å². The normalized spacial score (nSPS) is 12.9. The molecule has 6 nitrogen and oxygen atoms in total. The monoisotopic (exact) mass is 1150 g/mol. The quantitative estimate of drug-likeness (QED) is 0.0261. The Morgan fingerprint density at radius 1 is 0.253 bits per heavy atom. The van der Waals surface area contributed by atoms with Crippen molar-refractivity contribution in [2.24, 2.45) is 0 Å². The Hall–Kier alpha value is -4.19. The van der Waals surface area contributed by atoms with Crippen LogP contribution in [0.4, 0.5) is 0 Å². The molecule has 6 heteroatoms. The summed E-state index contributed by atoms with van der Waals surface area (Å²) in [5, 5.41) is 0. The van der Waals surface area contributed by atoms with Gasteiger partial charge in [0, 0.05) is 19.3 Å². The fourth-order valence-electron chi connectivity index (χ4n) is 9.77. The second kappa shape index (κ2) is 70.3. The summed E-state index contributed by atoms with van der Waals surface area (Å²) < 4.78 is 16.9. The van der Waals surface area contributed by atoms with E-state index in [2.05, 4.69) is 136 Å². The smallest absolute Gasteiger partial charge is 0.306 e. The average molecular weight is 1150 g/mol. The maximum atomic E-state index is 13.0. The summed E-state index contributed by atoms with van der Waals surface area (Å²) in [4.78, 5) is 38.4. The van der Waals surface area contributed by atoms with Crippen LogP contribution in [0, 0.1) is 0 Å². The predicted molar refractivity (Wildman–Crippen MR) is 362 cm³/mol. The van der Waals surface area contributed by atoms with Gasteiger partial charge < -0.3 is 14.2 Å². The van der Waals surface area contributed by atoms with Crippen molar-refractivity contribution < 1.29 is 28.6 Å². The summed E-state index contributed by atoms with van der Waals surface area (Å²) in [5.41, 5.74) is 0. The van der Waals surface area contributed by atoms with Crippen LogP contribution in [0.5, 0.6) is 0 Å². The van der Waals surface area contributed by atoms with Crippen molar-refractivity contribution in [1.82, 2.24) is 0 Å². The van der Waals surface area contributed by atoms with Crippen LogP contribution in [0.15, 0.2) is 122 Å². The molecule has 0 saturated heterocycles. The molecular weight excluding hydrogens is 1020 g/mol. The van der Waals surface area contributed by atoms with Gasteiger partial charge in [0.25, 0.3) is 0 Å². The van der Waals surface area contributed by atoms with Gasteiger partial charge >= 0.3 is 17.9 Å². The fourth-order valence-corrected chi connectivity index (χ4v) is 9.77. The van der Waals surface area contributed by atoms with Crippen LogP contribution < -0.4 is 0 Å². The topological polar surface area (TPSA) is 78.9 Å². The highest BCUT2D eigenvalue weighted by atomic mass is 16.6. The van der Waals surface area contributed by atoms with Crippen molar-refractivity contribution in [3.8, 4) is 0 Å². The van der Waals surface area contributed by atoms with Gasteiger partial charge in [0.05, 0.1) is 0 Å². The number of hydrogen-bond donors (Lipinski definition) is 0. The Morgan fingerprint density at radius 2 is 0.494 bits per heavy atom. The number of carbonyl (C=O) groups excluding carboxylic acids is 3. The van der Waals surface area contributed by atoms with E-state index in [1.54, 1.807) is 0 Å². The molecule has 0 bridgehead atoms. The van der Waals surface area contributed by atoms with Crippen molar-refractivity contribution in [1.29, 1.82) is 0 Å². The molecule has 1 atom stereocenters. The summed E-state index contributed by atoms with van der Waals surface area (Å²) >= 11 is 0. The molecule has 0 saturated carbocycles. The van der Waals surface area contributed by atoms with E-state index < -0.39 is 6.10 Å². The number of ether oxygens (including phenoxy) is 3. The van der Waals surface area contributed by atoms with Crippen LogP contribution in [0.2, 0.25) is 0 Å². The van der Waals surface area contributed by atoms with E-state index in [1.807, 2.05) is 6.08 Å². The third kappa shape index (κ3) is 68.5. The minimum Gasteiger partial charge on any atom is -0.462 e. The number of carbonyl (C=O) groups is 3. The van der Waals surface area contributed by atoms with E-state index in [0.717, 1.165) is 96.3 Å². The first-order valence-electron chi connectivity index (χ1n) is 35.0. The van der Waals surface area contributed by atoms with Crippen LogP contribution >= 0.6 is 0 Å². The number of allylic oxidation sites excluding steroid dienone is 20. The molecule has 1 unspecified atom stereocenters. The lowest BCUT2D eigenvalue weighted by Crippen LogP contribution is -2.30. The molecule has 474 valence electrons. The molecule has 83 heavy (non-hydrogen) atoms. The largest absolute Gasteiger partial charge is 0.462 e. The van der Waals surface area contributed by atoms with Gasteiger partial charge in [-0.05, 0) is 116 Å². The van der Waals surface area contributed by atoms with Gasteiger partial charge in [0.15, 0.2) is 6.10 Å². The standard InChI is InChI=1S/C77H130O6/c1-4-7-10-13-16-19-22-25-27-29-31-33-35-37-38-40-41-43-45-47-49-52-55-58-61-64-67-70-76(79)82-73-74(72-81-75(78)69-66-63-60-57-54-51-24-21-18-15-12-9-6-3)83-77(80)71-68-65-62-59-56-53-50-48-46-44-42-39-36-34-32-30-28-26-23-20-17-14-11-8-5-2/h7,9-10,12,16,18-19,21,23,25-27,30-33,51,54,60,63,74H,4-6,8,11,13-15,17,20,22,24,28-29,34-50,52-53,55-59,61-62,64-73H2,1-3H3/b10-7-,12-9-,19-16-,21-18-,26-23-,27-25-,32-30-,33-31-,54-51-,63-60-. The van der Waals surface area contributed by atoms with Crippen LogP contribution in [-0.2, 0) is 28.6 Å². The van der Waals surface area contributed by atoms with Gasteiger partial charge in [-0.3, -0.25) is 14.4 Å². The summed E-state index contributed by atoms with van der Waals surface area (Å²) in [5.74, 6) is -0.977. The second-order valence-corrected chi connectivity index (χ2v) is 23.0. The molecule has 0 N–H and O–H groups in total. The fraction of sp³-hybridized carbons (Fsp3) is 0.701. The summed E-state index contributed by atoms with van der Waals surface area (Å²) in [6, 6.07) is 0. The molecule has 0 aromatic rings. The SMILES string of the molecule is CC/C=C\C/C=C\C/C=C\C/C=C\CCCCCCCCCCCCCCCCC(=O)OCC(COC(=O)CC/C=C\C/C=C\C/C=C\C/C=C\CC)OC(=O)CCCCCCCCCCCCCCC/C=C\C/C=C\CCCCCCC. The van der Waals surface area contributed by atoms with E-state index >= 15 is 0 Å². The van der Waals surface area contributed by atoms with Gasteiger partial charge in [0.1, 0.15) is 13.2 Å². The lowest BCUT2D eigenvalue weighted by molar-refractivity contribution is -0.166. The summed E-state index contributed by atoms with van der Waals surface area (Å²) in [6.07, 6.45) is 98.2. The number of rotatable bonds is 63. The van der Waals surface area contributed by atoms with E-state index in [-0.39, 0.29) is 37.5 Å². The van der Waals surface area contributed by atoms with E-state index in [0.29, 0.717) is 19.3 Å². The molecule has 0 heterocycles. The third-order valence-electron chi connectivity index (χ3n) is 14.9. The number of esters is 3. The molecular formula is C77H130O6. The Kier molecular flexibility index (Phi) is 66.7. The van der Waals surface area contributed by atoms with Crippen LogP contribution in [0.1, 0.15) is 329 Å². The zero-order valence-electron chi connectivity index (χ0n) is 54.4. The Morgan fingerprint density at radius 3 is 0.807 bits per heavy atom. The van der Waals surface area contributed by atoms with Gasteiger partial charge in [-0.15, -0.1) is 0 Å². The molecule has 0 amide bonds. The zero-order valence-corrected chi connectivity index (χ0v) is 54.4. The van der Waals surface area contributed by atoms with Crippen molar-refractivity contribution in [3.05, 3.63) is 122 Å². The van der Waals surface area contributed by atoms with Gasteiger partial charge in [0.2, 0.25) is 0 Å². The van der Waals surface area contributed by atoms with Crippen LogP contribution in [0.3, 0.4) is 0 Å². The van der Waals surface area contributed by atoms with Gasteiger partial charge in [-0.25, -0.2) is 0 Å². The maximum Gasteiger partial charge on any atom is 0.306 e. The highest BCUT2D eigenvalue weighted by molar-refractivity contribution is 5.71. The van der Waals surface area contributed by atoms with Crippen molar-refractivity contribution in [2.45, 2.75) is 335 Å². The molecule has 0 rings (SSSR count). The first-order chi connectivity index (χ1) is 41.0. The lowest BCUT2D eigenvalue weighted by atomic mass is 10.0. The molecule has 0 aromatic carbocycles. The van der Waals surface area contributed by atoms with Crippen molar-refractivity contribution >= 4 is 17.9 Å². The van der Waals surface area contributed by atoms with E-state index in [9.17, 15) is 14.4 Å². The minimum absolute atomic E-state index is 0.101. The third-order valence-corrected chi connectivity index (χ3v) is 14.9. The Balaban J connectivity index is 4.30. The molecule has 0 radical (unpaired) electrons. The molecule has 0 aliphatic rings.